The van der Waals surface area contributed by atoms with Gasteiger partial charge in [0.25, 0.3) is 0 Å². The number of rotatable bonds is 15. The molecular formula is C31H38F3N3O3. The minimum atomic E-state index is -4.42. The van der Waals surface area contributed by atoms with Crippen molar-refractivity contribution < 1.29 is 27.5 Å². The third-order valence-corrected chi connectivity index (χ3v) is 6.65. The number of benzene rings is 2. The van der Waals surface area contributed by atoms with E-state index in [-0.39, 0.29) is 31.4 Å². The van der Waals surface area contributed by atoms with Crippen molar-refractivity contribution in [1.82, 2.24) is 14.4 Å². The van der Waals surface area contributed by atoms with E-state index in [1.807, 2.05) is 54.0 Å². The number of hydrogen-bond acceptors (Lipinski definition) is 3. The maximum absolute atomic E-state index is 13.6. The molecule has 0 saturated heterocycles. The molecule has 0 spiro atoms. The van der Waals surface area contributed by atoms with Crippen molar-refractivity contribution in [2.75, 3.05) is 26.8 Å². The van der Waals surface area contributed by atoms with Crippen molar-refractivity contribution in [2.45, 2.75) is 58.4 Å². The van der Waals surface area contributed by atoms with Gasteiger partial charge in [0.2, 0.25) is 11.8 Å². The van der Waals surface area contributed by atoms with E-state index in [9.17, 15) is 22.8 Å². The summed E-state index contributed by atoms with van der Waals surface area (Å²) in [5.41, 5.74) is 1.55. The van der Waals surface area contributed by atoms with Crippen LogP contribution in [0.3, 0.4) is 0 Å². The van der Waals surface area contributed by atoms with Crippen molar-refractivity contribution in [3.05, 3.63) is 95.3 Å². The van der Waals surface area contributed by atoms with Gasteiger partial charge in [-0.1, -0.05) is 55.8 Å². The molecule has 2 aromatic carbocycles. The first-order chi connectivity index (χ1) is 19.2. The lowest BCUT2D eigenvalue weighted by molar-refractivity contribution is -0.141. The molecule has 9 heteroatoms. The largest absolute Gasteiger partial charge is 0.416 e. The number of methoxy groups -OCH3 is 1. The second kappa shape index (κ2) is 15.3. The van der Waals surface area contributed by atoms with Crippen molar-refractivity contribution in [3.8, 4) is 0 Å². The molecule has 0 aliphatic rings. The number of unbranched alkanes of at least 4 members (excludes halogenated alkanes) is 1. The van der Waals surface area contributed by atoms with Gasteiger partial charge in [-0.3, -0.25) is 9.59 Å². The van der Waals surface area contributed by atoms with Crippen LogP contribution in [0.25, 0.3) is 0 Å². The fraction of sp³-hybridized carbons (Fsp3) is 0.419. The first kappa shape index (κ1) is 30.9. The standard InChI is InChI=1S/C31H38F3N3O3/c1-3-4-16-29(38)37(21-25-11-6-5-7-12-25)24-30(39)36(18-10-19-40-2)23-28-15-9-17-35(28)22-26-13-8-14-27(20-26)31(32,33)34/h5-9,11-15,17,20H,3-4,10,16,18-19,21-24H2,1-2H3. The Morgan fingerprint density at radius 2 is 1.62 bits per heavy atom. The van der Waals surface area contributed by atoms with Gasteiger partial charge in [-0.25, -0.2) is 0 Å². The summed E-state index contributed by atoms with van der Waals surface area (Å²) in [6.07, 6.45) is -0.00731. The number of alkyl halides is 3. The van der Waals surface area contributed by atoms with Gasteiger partial charge in [0, 0.05) is 51.7 Å². The third-order valence-electron chi connectivity index (χ3n) is 6.65. The molecule has 0 N–H and O–H groups in total. The predicted molar refractivity (Wildman–Crippen MR) is 148 cm³/mol. The van der Waals surface area contributed by atoms with Crippen LogP contribution in [-0.4, -0.2) is 53.0 Å². The highest BCUT2D eigenvalue weighted by molar-refractivity contribution is 5.84. The van der Waals surface area contributed by atoms with Crippen LogP contribution < -0.4 is 0 Å². The maximum Gasteiger partial charge on any atom is 0.416 e. The van der Waals surface area contributed by atoms with Gasteiger partial charge in [0.15, 0.2) is 0 Å². The van der Waals surface area contributed by atoms with Crippen molar-refractivity contribution in [2.24, 2.45) is 0 Å². The lowest BCUT2D eigenvalue weighted by Crippen LogP contribution is -2.43. The maximum atomic E-state index is 13.6. The van der Waals surface area contributed by atoms with Gasteiger partial charge in [0.05, 0.1) is 12.1 Å². The number of hydrogen-bond donors (Lipinski definition) is 0. The van der Waals surface area contributed by atoms with Crippen molar-refractivity contribution in [3.63, 3.8) is 0 Å². The Hall–Kier alpha value is -3.59. The van der Waals surface area contributed by atoms with E-state index in [1.54, 1.807) is 29.2 Å². The second-order valence-corrected chi connectivity index (χ2v) is 9.83. The molecule has 0 bridgehead atoms. The van der Waals surface area contributed by atoms with Crippen LogP contribution >= 0.6 is 0 Å². The summed E-state index contributed by atoms with van der Waals surface area (Å²) >= 11 is 0. The minimum Gasteiger partial charge on any atom is -0.385 e. The van der Waals surface area contributed by atoms with E-state index in [4.69, 9.17) is 4.74 Å². The third kappa shape index (κ3) is 9.55. The number of halogens is 3. The van der Waals surface area contributed by atoms with E-state index in [0.717, 1.165) is 36.2 Å². The Balaban J connectivity index is 1.78. The molecule has 0 radical (unpaired) electrons. The number of carbonyl (C=O) groups excluding carboxylic acids is 2. The molecule has 0 saturated carbocycles. The van der Waals surface area contributed by atoms with Crippen LogP contribution in [0.5, 0.6) is 0 Å². The van der Waals surface area contributed by atoms with Crippen LogP contribution in [0, 0.1) is 0 Å². The van der Waals surface area contributed by atoms with E-state index >= 15 is 0 Å². The summed E-state index contributed by atoms with van der Waals surface area (Å²) in [7, 11) is 1.60. The minimum absolute atomic E-state index is 0.0568. The van der Waals surface area contributed by atoms with Crippen molar-refractivity contribution >= 4 is 11.8 Å². The highest BCUT2D eigenvalue weighted by atomic mass is 19.4. The summed E-state index contributed by atoms with van der Waals surface area (Å²) < 4.78 is 46.7. The molecule has 0 aliphatic carbocycles. The van der Waals surface area contributed by atoms with Gasteiger partial charge >= 0.3 is 6.18 Å². The molecule has 3 aromatic rings. The molecule has 216 valence electrons. The Kier molecular flexibility index (Phi) is 11.8. The molecule has 2 amide bonds. The lowest BCUT2D eigenvalue weighted by atomic mass is 10.1. The summed E-state index contributed by atoms with van der Waals surface area (Å²) in [4.78, 5) is 30.0. The monoisotopic (exact) mass is 557 g/mol. The van der Waals surface area contributed by atoms with Crippen LogP contribution in [0.4, 0.5) is 13.2 Å². The fourth-order valence-electron chi connectivity index (χ4n) is 4.46. The normalized spacial score (nSPS) is 11.4. The lowest BCUT2D eigenvalue weighted by Gasteiger charge is -2.28. The zero-order chi connectivity index (χ0) is 29.0. The Morgan fingerprint density at radius 1 is 0.875 bits per heavy atom. The SMILES string of the molecule is CCCCC(=O)N(CC(=O)N(CCCOC)Cc1cccn1Cc1cccc(C(F)(F)F)c1)Cc1ccccc1. The topological polar surface area (TPSA) is 54.8 Å². The number of ether oxygens (including phenoxy) is 1. The first-order valence-electron chi connectivity index (χ1n) is 13.6. The van der Waals surface area contributed by atoms with E-state index in [2.05, 4.69) is 0 Å². The predicted octanol–water partition coefficient (Wildman–Crippen LogP) is 6.14. The Morgan fingerprint density at radius 3 is 2.33 bits per heavy atom. The van der Waals surface area contributed by atoms with Crippen LogP contribution in [-0.2, 0) is 40.1 Å². The van der Waals surface area contributed by atoms with Crippen LogP contribution in [0.15, 0.2) is 72.9 Å². The summed E-state index contributed by atoms with van der Waals surface area (Å²) in [5, 5.41) is 0. The molecule has 40 heavy (non-hydrogen) atoms. The van der Waals surface area contributed by atoms with E-state index < -0.39 is 11.7 Å². The highest BCUT2D eigenvalue weighted by Gasteiger charge is 2.30. The smallest absolute Gasteiger partial charge is 0.385 e. The number of carbonyl (C=O) groups is 2. The summed E-state index contributed by atoms with van der Waals surface area (Å²) in [6, 6.07) is 18.5. The molecule has 0 fully saturated rings. The Bertz CT molecular complexity index is 1210. The molecule has 0 aliphatic heterocycles. The van der Waals surface area contributed by atoms with E-state index in [0.29, 0.717) is 38.1 Å². The average Bonchev–Trinajstić information content (AvgIpc) is 3.37. The zero-order valence-corrected chi connectivity index (χ0v) is 23.2. The number of amides is 2. The summed E-state index contributed by atoms with van der Waals surface area (Å²) in [6.45, 7) is 3.69. The fourth-order valence-corrected chi connectivity index (χ4v) is 4.46. The molecule has 1 aromatic heterocycles. The second-order valence-electron chi connectivity index (χ2n) is 9.83. The summed E-state index contributed by atoms with van der Waals surface area (Å²) in [5.74, 6) is -0.257. The first-order valence-corrected chi connectivity index (χ1v) is 13.6. The number of aromatic nitrogens is 1. The van der Waals surface area contributed by atoms with Crippen molar-refractivity contribution in [1.29, 1.82) is 0 Å². The van der Waals surface area contributed by atoms with Crippen LogP contribution in [0.2, 0.25) is 0 Å². The van der Waals surface area contributed by atoms with Gasteiger partial charge < -0.3 is 19.1 Å². The quantitative estimate of drug-likeness (QED) is 0.211. The molecule has 3 rings (SSSR count). The number of nitrogens with zero attached hydrogens (tertiary/aromatic N) is 3. The average molecular weight is 558 g/mol. The molecule has 1 heterocycles. The van der Waals surface area contributed by atoms with Gasteiger partial charge in [0.1, 0.15) is 6.54 Å². The molecule has 0 unspecified atom stereocenters. The Labute approximate surface area is 234 Å². The molecule has 6 nitrogen and oxygen atoms in total. The molecule has 0 atom stereocenters. The van der Waals surface area contributed by atoms with Gasteiger partial charge in [-0.15, -0.1) is 0 Å². The molecular weight excluding hydrogens is 519 g/mol. The van der Waals surface area contributed by atoms with Crippen LogP contribution in [0.1, 0.15) is 55.0 Å². The zero-order valence-electron chi connectivity index (χ0n) is 23.2. The van der Waals surface area contributed by atoms with E-state index in [1.165, 1.54) is 6.07 Å². The van der Waals surface area contributed by atoms with Gasteiger partial charge in [-0.05, 0) is 48.2 Å². The van der Waals surface area contributed by atoms with Gasteiger partial charge in [-0.2, -0.15) is 13.2 Å². The highest BCUT2D eigenvalue weighted by Crippen LogP contribution is 2.29.